The fourth-order valence-corrected chi connectivity index (χ4v) is 2.49. The van der Waals surface area contributed by atoms with Crippen LogP contribution in [0.3, 0.4) is 0 Å². The quantitative estimate of drug-likeness (QED) is 0.606. The van der Waals surface area contributed by atoms with Gasteiger partial charge in [0.1, 0.15) is 6.42 Å². The fourth-order valence-electron chi connectivity index (χ4n) is 2.49. The Balaban J connectivity index is 2.07. The Hall–Kier alpha value is -2.83. The van der Waals surface area contributed by atoms with Gasteiger partial charge in [-0.05, 0) is 36.1 Å². The van der Waals surface area contributed by atoms with Crippen LogP contribution in [-0.4, -0.2) is 11.8 Å². The summed E-state index contributed by atoms with van der Waals surface area (Å²) in [6.45, 7) is 5.78. The molecule has 0 saturated carbocycles. The highest BCUT2D eigenvalue weighted by Crippen LogP contribution is 2.27. The molecule has 0 saturated heterocycles. The van der Waals surface area contributed by atoms with Crippen molar-refractivity contribution in [2.24, 2.45) is 0 Å². The summed E-state index contributed by atoms with van der Waals surface area (Å²) >= 11 is 0. The lowest BCUT2D eigenvalue weighted by Gasteiger charge is -2.16. The molecule has 0 radical (unpaired) electrons. The molecule has 0 atom stereocenters. The van der Waals surface area contributed by atoms with Crippen LogP contribution in [0, 0.1) is 24.4 Å². The summed E-state index contributed by atoms with van der Waals surface area (Å²) in [5, 5.41) is 4.75. The molecule has 0 aliphatic carbocycles. The number of carbonyl (C=O) groups is 2. The Morgan fingerprint density at radius 1 is 0.962 bits per heavy atom. The molecule has 2 amide bonds. The molecule has 0 bridgehead atoms. The minimum absolute atomic E-state index is 0.162. The molecule has 4 nitrogen and oxygen atoms in total. The summed E-state index contributed by atoms with van der Waals surface area (Å²) in [5.74, 6) is -5.84. The van der Waals surface area contributed by atoms with E-state index in [-0.39, 0.29) is 5.92 Å². The molecule has 0 spiro atoms. The van der Waals surface area contributed by atoms with Gasteiger partial charge in [0.05, 0.1) is 5.69 Å². The first-order valence-electron chi connectivity index (χ1n) is 8.03. The van der Waals surface area contributed by atoms with Crippen molar-refractivity contribution in [3.63, 3.8) is 0 Å². The van der Waals surface area contributed by atoms with E-state index in [9.17, 15) is 22.8 Å². The number of anilines is 2. The number of hydrogen-bond acceptors (Lipinski definition) is 2. The summed E-state index contributed by atoms with van der Waals surface area (Å²) in [6, 6.07) is 7.17. The summed E-state index contributed by atoms with van der Waals surface area (Å²) in [4.78, 5) is 24.1. The van der Waals surface area contributed by atoms with Gasteiger partial charge in [-0.1, -0.05) is 32.0 Å². The van der Waals surface area contributed by atoms with Crippen molar-refractivity contribution in [2.75, 3.05) is 10.6 Å². The van der Waals surface area contributed by atoms with Crippen molar-refractivity contribution in [2.45, 2.75) is 33.1 Å². The van der Waals surface area contributed by atoms with Gasteiger partial charge >= 0.3 is 0 Å². The highest BCUT2D eigenvalue weighted by atomic mass is 19.2. The van der Waals surface area contributed by atoms with Crippen LogP contribution in [0.4, 0.5) is 24.5 Å². The first-order valence-corrected chi connectivity index (χ1v) is 8.03. The van der Waals surface area contributed by atoms with Crippen molar-refractivity contribution in [1.29, 1.82) is 0 Å². The maximum Gasteiger partial charge on any atom is 0.233 e. The van der Waals surface area contributed by atoms with Gasteiger partial charge in [-0.15, -0.1) is 0 Å². The lowest BCUT2D eigenvalue weighted by Crippen LogP contribution is -2.23. The van der Waals surface area contributed by atoms with E-state index < -0.39 is 41.4 Å². The van der Waals surface area contributed by atoms with E-state index in [1.54, 1.807) is 0 Å². The Kier molecular flexibility index (Phi) is 6.02. The number of rotatable bonds is 5. The molecule has 0 fully saturated rings. The van der Waals surface area contributed by atoms with E-state index in [1.165, 1.54) is 0 Å². The third-order valence-electron chi connectivity index (χ3n) is 3.82. The minimum Gasteiger partial charge on any atom is -0.325 e. The standard InChI is InChI=1S/C19H19F3N2O2/c1-10(2)12-6-4-5-11(3)19(12)24-16(26)9-15(25)23-14-8-7-13(20)17(21)18(14)22/h4-8,10H,9H2,1-3H3,(H,23,25)(H,24,26). The van der Waals surface area contributed by atoms with Gasteiger partial charge in [0.25, 0.3) is 0 Å². The zero-order valence-corrected chi connectivity index (χ0v) is 14.6. The highest BCUT2D eigenvalue weighted by Gasteiger charge is 2.18. The minimum atomic E-state index is -1.69. The first-order chi connectivity index (χ1) is 12.2. The third kappa shape index (κ3) is 4.41. The molecule has 0 unspecified atom stereocenters. The number of hydrogen-bond donors (Lipinski definition) is 2. The second-order valence-electron chi connectivity index (χ2n) is 6.19. The fraction of sp³-hybridized carbons (Fsp3) is 0.263. The van der Waals surface area contributed by atoms with Gasteiger partial charge in [-0.3, -0.25) is 9.59 Å². The van der Waals surface area contributed by atoms with Crippen molar-refractivity contribution in [3.8, 4) is 0 Å². The predicted octanol–water partition coefficient (Wildman–Crippen LogP) is 4.50. The van der Waals surface area contributed by atoms with Crippen LogP contribution in [0.25, 0.3) is 0 Å². The Morgan fingerprint density at radius 2 is 1.62 bits per heavy atom. The topological polar surface area (TPSA) is 58.2 Å². The molecule has 0 aliphatic heterocycles. The Labute approximate surface area is 149 Å². The number of halogens is 3. The number of benzene rings is 2. The lowest BCUT2D eigenvalue weighted by atomic mass is 9.98. The number of aryl methyl sites for hydroxylation is 1. The van der Waals surface area contributed by atoms with Crippen LogP contribution in [0.2, 0.25) is 0 Å². The van der Waals surface area contributed by atoms with Crippen LogP contribution < -0.4 is 10.6 Å². The second kappa shape index (κ2) is 8.03. The van der Waals surface area contributed by atoms with Gasteiger partial charge in [0, 0.05) is 5.69 Å². The van der Waals surface area contributed by atoms with Crippen molar-refractivity contribution < 1.29 is 22.8 Å². The highest BCUT2D eigenvalue weighted by molar-refractivity contribution is 6.08. The predicted molar refractivity (Wildman–Crippen MR) is 93.5 cm³/mol. The number of carbonyl (C=O) groups excluding carboxylic acids is 2. The van der Waals surface area contributed by atoms with Gasteiger partial charge in [-0.25, -0.2) is 13.2 Å². The molecule has 138 valence electrons. The van der Waals surface area contributed by atoms with E-state index in [1.807, 2.05) is 39.0 Å². The van der Waals surface area contributed by atoms with E-state index >= 15 is 0 Å². The maximum absolute atomic E-state index is 13.6. The van der Waals surface area contributed by atoms with Crippen molar-refractivity contribution >= 4 is 23.2 Å². The van der Waals surface area contributed by atoms with Crippen LogP contribution in [0.15, 0.2) is 30.3 Å². The lowest BCUT2D eigenvalue weighted by molar-refractivity contribution is -0.123. The SMILES string of the molecule is Cc1cccc(C(C)C)c1NC(=O)CC(=O)Nc1ccc(F)c(F)c1F. The van der Waals surface area contributed by atoms with Gasteiger partial charge in [-0.2, -0.15) is 0 Å². The molecule has 0 aromatic heterocycles. The number of amides is 2. The molecular weight excluding hydrogens is 345 g/mol. The molecule has 2 aromatic rings. The van der Waals surface area contributed by atoms with Gasteiger partial charge in [0.15, 0.2) is 17.5 Å². The largest absolute Gasteiger partial charge is 0.325 e. The van der Waals surface area contributed by atoms with Crippen LogP contribution in [-0.2, 0) is 9.59 Å². The summed E-state index contributed by atoms with van der Waals surface area (Å²) in [6.07, 6.45) is -0.593. The smallest absolute Gasteiger partial charge is 0.233 e. The van der Waals surface area contributed by atoms with Crippen LogP contribution in [0.5, 0.6) is 0 Å². The van der Waals surface area contributed by atoms with Crippen LogP contribution >= 0.6 is 0 Å². The molecule has 0 aliphatic rings. The normalized spacial score (nSPS) is 10.7. The zero-order chi connectivity index (χ0) is 19.4. The van der Waals surface area contributed by atoms with Gasteiger partial charge < -0.3 is 10.6 Å². The molecule has 7 heteroatoms. The van der Waals surface area contributed by atoms with E-state index in [0.29, 0.717) is 11.8 Å². The Bertz CT molecular complexity index is 851. The van der Waals surface area contributed by atoms with E-state index in [2.05, 4.69) is 10.6 Å². The summed E-state index contributed by atoms with van der Waals surface area (Å²) in [7, 11) is 0. The molecule has 2 aromatic carbocycles. The third-order valence-corrected chi connectivity index (χ3v) is 3.82. The van der Waals surface area contributed by atoms with Crippen molar-refractivity contribution in [1.82, 2.24) is 0 Å². The Morgan fingerprint density at radius 3 is 2.27 bits per heavy atom. The molecule has 26 heavy (non-hydrogen) atoms. The average Bonchev–Trinajstić information content (AvgIpc) is 2.57. The molecule has 2 rings (SSSR count). The average molecular weight is 364 g/mol. The second-order valence-corrected chi connectivity index (χ2v) is 6.19. The number of para-hydroxylation sites is 1. The number of nitrogens with one attached hydrogen (secondary N) is 2. The van der Waals surface area contributed by atoms with Crippen LogP contribution in [0.1, 0.15) is 37.3 Å². The van der Waals surface area contributed by atoms with E-state index in [4.69, 9.17) is 0 Å². The summed E-state index contributed by atoms with van der Waals surface area (Å²) < 4.78 is 39.6. The molecule has 0 heterocycles. The van der Waals surface area contributed by atoms with E-state index in [0.717, 1.165) is 17.2 Å². The zero-order valence-electron chi connectivity index (χ0n) is 14.6. The summed E-state index contributed by atoms with van der Waals surface area (Å²) in [5.41, 5.74) is 1.86. The maximum atomic E-state index is 13.6. The monoisotopic (exact) mass is 364 g/mol. The van der Waals surface area contributed by atoms with Crippen molar-refractivity contribution in [3.05, 3.63) is 58.9 Å². The first kappa shape index (κ1) is 19.5. The van der Waals surface area contributed by atoms with Gasteiger partial charge in [0.2, 0.25) is 11.8 Å². The molecule has 2 N–H and O–H groups in total. The molecular formula is C19H19F3N2O2.